The van der Waals surface area contributed by atoms with Crippen LogP contribution < -0.4 is 4.90 Å². The summed E-state index contributed by atoms with van der Waals surface area (Å²) in [5.41, 5.74) is 3.51. The molecule has 0 saturated heterocycles. The summed E-state index contributed by atoms with van der Waals surface area (Å²) in [6.07, 6.45) is 1.88. The first-order valence-electron chi connectivity index (χ1n) is 6.37. The highest BCUT2D eigenvalue weighted by molar-refractivity contribution is 5.93. The molecular weight excluding hydrogens is 224 g/mol. The Balaban J connectivity index is 2.30. The van der Waals surface area contributed by atoms with Crippen LogP contribution in [0.3, 0.4) is 0 Å². The number of aryl methyl sites for hydroxylation is 1. The van der Waals surface area contributed by atoms with Crippen LogP contribution in [0.1, 0.15) is 12.5 Å². The number of nitrogens with zero attached hydrogens (tertiary/aromatic N) is 2. The second-order valence-electron chi connectivity index (χ2n) is 4.42. The maximum absolute atomic E-state index is 5.40. The van der Waals surface area contributed by atoms with Crippen molar-refractivity contribution in [2.45, 2.75) is 13.8 Å². The Labute approximate surface area is 108 Å². The molecule has 2 rings (SSSR count). The van der Waals surface area contributed by atoms with Crippen LogP contribution in [0.2, 0.25) is 0 Å². The SMILES string of the molecule is CCOCCN(C)c1ccnc2c(C)cccc12. The van der Waals surface area contributed by atoms with Gasteiger partial charge in [-0.15, -0.1) is 0 Å². The summed E-state index contributed by atoms with van der Waals surface area (Å²) in [5, 5.41) is 1.21. The lowest BCUT2D eigenvalue weighted by Gasteiger charge is -2.21. The van der Waals surface area contributed by atoms with Crippen LogP contribution >= 0.6 is 0 Å². The Morgan fingerprint density at radius 1 is 1.28 bits per heavy atom. The maximum atomic E-state index is 5.40. The number of hydrogen-bond donors (Lipinski definition) is 0. The first-order chi connectivity index (χ1) is 8.74. The molecule has 0 saturated carbocycles. The molecule has 3 nitrogen and oxygen atoms in total. The van der Waals surface area contributed by atoms with Crippen molar-refractivity contribution >= 4 is 16.6 Å². The summed E-state index contributed by atoms with van der Waals surface area (Å²) in [4.78, 5) is 6.68. The lowest BCUT2D eigenvalue weighted by atomic mass is 10.1. The second-order valence-corrected chi connectivity index (χ2v) is 4.42. The van der Waals surface area contributed by atoms with Crippen LogP contribution in [0.15, 0.2) is 30.5 Å². The number of likely N-dealkylation sites (N-methyl/N-ethyl adjacent to an activating group) is 1. The van der Waals surface area contributed by atoms with E-state index in [4.69, 9.17) is 4.74 Å². The average Bonchev–Trinajstić information content (AvgIpc) is 2.39. The van der Waals surface area contributed by atoms with E-state index in [0.29, 0.717) is 0 Å². The van der Waals surface area contributed by atoms with E-state index >= 15 is 0 Å². The van der Waals surface area contributed by atoms with Gasteiger partial charge < -0.3 is 9.64 Å². The van der Waals surface area contributed by atoms with E-state index in [2.05, 4.69) is 48.1 Å². The fourth-order valence-corrected chi connectivity index (χ4v) is 2.11. The molecule has 2 aromatic rings. The minimum Gasteiger partial charge on any atom is -0.380 e. The predicted molar refractivity (Wildman–Crippen MR) is 76.2 cm³/mol. The van der Waals surface area contributed by atoms with E-state index in [1.807, 2.05) is 13.1 Å². The third-order valence-corrected chi connectivity index (χ3v) is 3.14. The largest absolute Gasteiger partial charge is 0.380 e. The van der Waals surface area contributed by atoms with Gasteiger partial charge in [0.1, 0.15) is 0 Å². The molecule has 3 heteroatoms. The van der Waals surface area contributed by atoms with Crippen LogP contribution in [-0.4, -0.2) is 31.8 Å². The van der Waals surface area contributed by atoms with Gasteiger partial charge in [0.15, 0.2) is 0 Å². The van der Waals surface area contributed by atoms with E-state index in [1.165, 1.54) is 16.6 Å². The molecule has 0 unspecified atom stereocenters. The highest BCUT2D eigenvalue weighted by Crippen LogP contribution is 2.26. The Kier molecular flexibility index (Phi) is 4.15. The molecule has 0 fully saturated rings. The van der Waals surface area contributed by atoms with Crippen molar-refractivity contribution in [3.63, 3.8) is 0 Å². The van der Waals surface area contributed by atoms with Crippen molar-refractivity contribution in [3.8, 4) is 0 Å². The summed E-state index contributed by atoms with van der Waals surface area (Å²) in [7, 11) is 2.09. The smallest absolute Gasteiger partial charge is 0.0751 e. The Morgan fingerprint density at radius 3 is 2.89 bits per heavy atom. The van der Waals surface area contributed by atoms with E-state index in [-0.39, 0.29) is 0 Å². The molecule has 0 bridgehead atoms. The van der Waals surface area contributed by atoms with Crippen LogP contribution in [0, 0.1) is 6.92 Å². The molecule has 0 aliphatic rings. The van der Waals surface area contributed by atoms with Crippen molar-refractivity contribution in [1.82, 2.24) is 4.98 Å². The molecule has 1 aromatic heterocycles. The number of fused-ring (bicyclic) bond motifs is 1. The van der Waals surface area contributed by atoms with Gasteiger partial charge in [0.05, 0.1) is 12.1 Å². The number of pyridine rings is 1. The Hall–Kier alpha value is -1.61. The molecule has 0 radical (unpaired) electrons. The van der Waals surface area contributed by atoms with Crippen molar-refractivity contribution in [2.24, 2.45) is 0 Å². The molecule has 0 aliphatic carbocycles. The zero-order valence-corrected chi connectivity index (χ0v) is 11.3. The summed E-state index contributed by atoms with van der Waals surface area (Å²) in [5.74, 6) is 0. The minimum atomic E-state index is 0.753. The summed E-state index contributed by atoms with van der Waals surface area (Å²) >= 11 is 0. The zero-order chi connectivity index (χ0) is 13.0. The van der Waals surface area contributed by atoms with Gasteiger partial charge in [0.25, 0.3) is 0 Å². The predicted octanol–water partition coefficient (Wildman–Crippen LogP) is 3.02. The lowest BCUT2D eigenvalue weighted by molar-refractivity contribution is 0.154. The molecule has 0 aliphatic heterocycles. The van der Waals surface area contributed by atoms with Gasteiger partial charge in [0.2, 0.25) is 0 Å². The van der Waals surface area contributed by atoms with Crippen LogP contribution in [0.25, 0.3) is 10.9 Å². The van der Waals surface area contributed by atoms with Gasteiger partial charge in [-0.05, 0) is 25.5 Å². The normalized spacial score (nSPS) is 10.8. The minimum absolute atomic E-state index is 0.753. The lowest BCUT2D eigenvalue weighted by Crippen LogP contribution is -2.22. The monoisotopic (exact) mass is 244 g/mol. The molecule has 96 valence electrons. The highest BCUT2D eigenvalue weighted by Gasteiger charge is 2.07. The summed E-state index contributed by atoms with van der Waals surface area (Å²) < 4.78 is 5.40. The van der Waals surface area contributed by atoms with E-state index in [9.17, 15) is 0 Å². The van der Waals surface area contributed by atoms with Crippen LogP contribution in [-0.2, 0) is 4.74 Å². The fourth-order valence-electron chi connectivity index (χ4n) is 2.11. The molecule has 0 N–H and O–H groups in total. The van der Waals surface area contributed by atoms with Gasteiger partial charge in [-0.3, -0.25) is 4.98 Å². The molecule has 0 spiro atoms. The van der Waals surface area contributed by atoms with E-state index < -0.39 is 0 Å². The molecule has 1 heterocycles. The maximum Gasteiger partial charge on any atom is 0.0751 e. The van der Waals surface area contributed by atoms with Gasteiger partial charge in [-0.25, -0.2) is 0 Å². The van der Waals surface area contributed by atoms with Gasteiger partial charge in [0, 0.05) is 37.5 Å². The fraction of sp³-hybridized carbons (Fsp3) is 0.400. The number of para-hydroxylation sites is 1. The van der Waals surface area contributed by atoms with Crippen molar-refractivity contribution < 1.29 is 4.74 Å². The molecule has 18 heavy (non-hydrogen) atoms. The quantitative estimate of drug-likeness (QED) is 0.756. The number of hydrogen-bond acceptors (Lipinski definition) is 3. The molecular formula is C15H20N2O. The van der Waals surface area contributed by atoms with E-state index in [1.54, 1.807) is 0 Å². The third-order valence-electron chi connectivity index (χ3n) is 3.14. The van der Waals surface area contributed by atoms with Crippen LogP contribution in [0.5, 0.6) is 0 Å². The summed E-state index contributed by atoms with van der Waals surface area (Å²) in [6.45, 7) is 6.53. The standard InChI is InChI=1S/C15H20N2O/c1-4-18-11-10-17(3)14-8-9-16-15-12(2)6-5-7-13(14)15/h5-9H,4,10-11H2,1-3H3. The molecule has 0 atom stereocenters. The number of ether oxygens (including phenoxy) is 1. The average molecular weight is 244 g/mol. The van der Waals surface area contributed by atoms with Crippen molar-refractivity contribution in [2.75, 3.05) is 31.7 Å². The number of anilines is 1. The number of benzene rings is 1. The van der Waals surface area contributed by atoms with Crippen LogP contribution in [0.4, 0.5) is 5.69 Å². The first kappa shape index (κ1) is 12.8. The first-order valence-corrected chi connectivity index (χ1v) is 6.37. The van der Waals surface area contributed by atoms with E-state index in [0.717, 1.165) is 25.3 Å². The van der Waals surface area contributed by atoms with Gasteiger partial charge >= 0.3 is 0 Å². The van der Waals surface area contributed by atoms with Crippen molar-refractivity contribution in [1.29, 1.82) is 0 Å². The zero-order valence-electron chi connectivity index (χ0n) is 11.3. The molecule has 1 aromatic carbocycles. The Morgan fingerprint density at radius 2 is 2.11 bits per heavy atom. The topological polar surface area (TPSA) is 25.4 Å². The number of aromatic nitrogens is 1. The van der Waals surface area contributed by atoms with Gasteiger partial charge in [-0.1, -0.05) is 18.2 Å². The van der Waals surface area contributed by atoms with Gasteiger partial charge in [-0.2, -0.15) is 0 Å². The Bertz CT molecular complexity index is 525. The third kappa shape index (κ3) is 2.62. The summed E-state index contributed by atoms with van der Waals surface area (Å²) in [6, 6.07) is 8.37. The number of rotatable bonds is 5. The highest BCUT2D eigenvalue weighted by atomic mass is 16.5. The van der Waals surface area contributed by atoms with Crippen molar-refractivity contribution in [3.05, 3.63) is 36.0 Å². The second kappa shape index (κ2) is 5.83. The molecule has 0 amide bonds.